The number of alkyl halides is 11. The highest BCUT2D eigenvalue weighted by Crippen LogP contribution is 2.58. The SMILES string of the molecule is CC(C(F)(F)F)C(F)(C(F)(F)C(F)(F)C(F)(F)F)S(=O)(=O)O. The van der Waals surface area contributed by atoms with Crippen LogP contribution in [0.15, 0.2) is 0 Å². The van der Waals surface area contributed by atoms with Gasteiger partial charge >= 0.3 is 39.3 Å². The summed E-state index contributed by atoms with van der Waals surface area (Å²) >= 11 is 0. The van der Waals surface area contributed by atoms with Gasteiger partial charge in [-0.15, -0.1) is 0 Å². The van der Waals surface area contributed by atoms with Crippen LogP contribution in [0.3, 0.4) is 0 Å². The summed E-state index contributed by atoms with van der Waals surface area (Å²) in [7, 11) is -7.36. The van der Waals surface area contributed by atoms with Crippen molar-refractivity contribution in [3.8, 4) is 0 Å². The van der Waals surface area contributed by atoms with Gasteiger partial charge in [0, 0.05) is 0 Å². The molecule has 0 aliphatic rings. The number of halogens is 11. The van der Waals surface area contributed by atoms with E-state index in [-0.39, 0.29) is 0 Å². The molecule has 3 nitrogen and oxygen atoms in total. The van der Waals surface area contributed by atoms with Crippen molar-refractivity contribution in [1.82, 2.24) is 0 Å². The Balaban J connectivity index is 6.63. The van der Waals surface area contributed by atoms with Gasteiger partial charge < -0.3 is 0 Å². The molecule has 134 valence electrons. The van der Waals surface area contributed by atoms with Gasteiger partial charge in [-0.3, -0.25) is 4.55 Å². The molecule has 0 rings (SSSR count). The zero-order valence-electron chi connectivity index (χ0n) is 9.91. The van der Waals surface area contributed by atoms with Crippen molar-refractivity contribution in [3.63, 3.8) is 0 Å². The largest absolute Gasteiger partial charge is 0.460 e. The van der Waals surface area contributed by atoms with Crippen molar-refractivity contribution in [1.29, 1.82) is 0 Å². The lowest BCUT2D eigenvalue weighted by Gasteiger charge is -2.39. The Kier molecular flexibility index (Phi) is 4.87. The van der Waals surface area contributed by atoms with E-state index in [9.17, 15) is 56.7 Å². The summed E-state index contributed by atoms with van der Waals surface area (Å²) in [5, 5.41) is -6.68. The summed E-state index contributed by atoms with van der Waals surface area (Å²) in [6.07, 6.45) is -13.6. The Bertz CT molecular complexity index is 519. The van der Waals surface area contributed by atoms with Gasteiger partial charge in [-0.2, -0.15) is 52.3 Å². The molecule has 2 atom stereocenters. The minimum Gasteiger partial charge on any atom is -0.283 e. The molecule has 0 aromatic rings. The molecule has 0 aliphatic heterocycles. The molecule has 0 fully saturated rings. The summed E-state index contributed by atoms with van der Waals surface area (Å²) in [5.74, 6) is -19.6. The van der Waals surface area contributed by atoms with Crippen molar-refractivity contribution in [3.05, 3.63) is 0 Å². The van der Waals surface area contributed by atoms with Crippen LogP contribution in [0.5, 0.6) is 0 Å². The molecule has 0 saturated carbocycles. The highest BCUT2D eigenvalue weighted by molar-refractivity contribution is 7.87. The first-order valence-corrected chi connectivity index (χ1v) is 6.14. The van der Waals surface area contributed by atoms with Crippen LogP contribution in [-0.2, 0) is 10.1 Å². The Morgan fingerprint density at radius 3 is 1.27 bits per heavy atom. The molecule has 15 heteroatoms. The Hall–Kier alpha value is -0.860. The molecule has 0 radical (unpaired) electrons. The Morgan fingerprint density at radius 2 is 1.09 bits per heavy atom. The van der Waals surface area contributed by atoms with E-state index < -0.39 is 52.2 Å². The number of hydrogen-bond donors (Lipinski definition) is 1. The average Bonchev–Trinajstić information content (AvgIpc) is 2.21. The van der Waals surface area contributed by atoms with Crippen molar-refractivity contribution >= 4 is 10.1 Å². The highest BCUT2D eigenvalue weighted by atomic mass is 32.2. The van der Waals surface area contributed by atoms with E-state index in [2.05, 4.69) is 0 Å². The van der Waals surface area contributed by atoms with Crippen LogP contribution >= 0.6 is 0 Å². The second-order valence-corrected chi connectivity index (χ2v) is 5.57. The van der Waals surface area contributed by atoms with E-state index in [1.807, 2.05) is 0 Å². The van der Waals surface area contributed by atoms with Crippen LogP contribution in [0.2, 0.25) is 0 Å². The third kappa shape index (κ3) is 2.83. The zero-order valence-corrected chi connectivity index (χ0v) is 10.7. The van der Waals surface area contributed by atoms with Crippen molar-refractivity contribution in [2.45, 2.75) is 36.1 Å². The van der Waals surface area contributed by atoms with Crippen LogP contribution in [-0.4, -0.2) is 42.2 Å². The van der Waals surface area contributed by atoms with E-state index in [0.717, 1.165) is 0 Å². The second-order valence-electron chi connectivity index (χ2n) is 4.03. The highest BCUT2D eigenvalue weighted by Gasteiger charge is 2.87. The fourth-order valence-corrected chi connectivity index (χ4v) is 2.29. The number of rotatable bonds is 4. The molecular formula is C7H5F11O3S. The molecule has 2 unspecified atom stereocenters. The average molecular weight is 378 g/mol. The fourth-order valence-electron chi connectivity index (χ4n) is 1.26. The van der Waals surface area contributed by atoms with Crippen molar-refractivity contribution in [2.24, 2.45) is 5.92 Å². The molecule has 0 amide bonds. The maximum absolute atomic E-state index is 13.7. The Labute approximate surface area is 114 Å². The summed E-state index contributed by atoms with van der Waals surface area (Å²) in [5.41, 5.74) is 0. The summed E-state index contributed by atoms with van der Waals surface area (Å²) < 4.78 is 167. The smallest absolute Gasteiger partial charge is 0.283 e. The number of hydrogen-bond acceptors (Lipinski definition) is 2. The van der Waals surface area contributed by atoms with Crippen LogP contribution in [0, 0.1) is 5.92 Å². The molecule has 0 saturated heterocycles. The van der Waals surface area contributed by atoms with Gasteiger partial charge in [0.25, 0.3) is 0 Å². The quantitative estimate of drug-likeness (QED) is 0.601. The second kappa shape index (κ2) is 5.07. The molecule has 0 bridgehead atoms. The van der Waals surface area contributed by atoms with Gasteiger partial charge in [-0.05, 0) is 6.92 Å². The third-order valence-electron chi connectivity index (χ3n) is 2.60. The van der Waals surface area contributed by atoms with Crippen molar-refractivity contribution in [2.75, 3.05) is 0 Å². The third-order valence-corrected chi connectivity index (χ3v) is 3.96. The lowest BCUT2D eigenvalue weighted by molar-refractivity contribution is -0.381. The van der Waals surface area contributed by atoms with Crippen LogP contribution in [0.1, 0.15) is 6.92 Å². The summed E-state index contributed by atoms with van der Waals surface area (Å²) in [6.45, 7) is -0.742. The van der Waals surface area contributed by atoms with E-state index in [0.29, 0.717) is 0 Å². The van der Waals surface area contributed by atoms with E-state index in [1.54, 1.807) is 0 Å². The van der Waals surface area contributed by atoms with Crippen LogP contribution in [0.4, 0.5) is 48.3 Å². The molecule has 0 spiro atoms. The first kappa shape index (κ1) is 21.1. The minimum atomic E-state index is -7.52. The van der Waals surface area contributed by atoms with Gasteiger partial charge in [0.2, 0.25) is 0 Å². The lowest BCUT2D eigenvalue weighted by atomic mass is 9.94. The van der Waals surface area contributed by atoms with Gasteiger partial charge in [0.05, 0.1) is 0 Å². The van der Waals surface area contributed by atoms with E-state index >= 15 is 0 Å². The summed E-state index contributed by atoms with van der Waals surface area (Å²) in [4.78, 5) is 0. The first-order valence-electron chi connectivity index (χ1n) is 4.70. The van der Waals surface area contributed by atoms with Crippen molar-refractivity contribution < 1.29 is 61.3 Å². The zero-order chi connectivity index (χ0) is 18.6. The molecule has 0 aromatic heterocycles. The monoisotopic (exact) mass is 378 g/mol. The van der Waals surface area contributed by atoms with Gasteiger partial charge in [-0.1, -0.05) is 0 Å². The molecule has 22 heavy (non-hydrogen) atoms. The minimum absolute atomic E-state index is 0.742. The van der Waals surface area contributed by atoms with Crippen LogP contribution in [0.25, 0.3) is 0 Å². The predicted molar refractivity (Wildman–Crippen MR) is 46.6 cm³/mol. The topological polar surface area (TPSA) is 54.4 Å². The normalized spacial score (nSPS) is 19.7. The summed E-state index contributed by atoms with van der Waals surface area (Å²) in [6, 6.07) is 0. The van der Waals surface area contributed by atoms with Crippen LogP contribution < -0.4 is 0 Å². The van der Waals surface area contributed by atoms with Gasteiger partial charge in [-0.25, -0.2) is 4.39 Å². The van der Waals surface area contributed by atoms with E-state index in [1.165, 1.54) is 0 Å². The van der Waals surface area contributed by atoms with Gasteiger partial charge in [0.1, 0.15) is 5.92 Å². The molecule has 1 N–H and O–H groups in total. The molecule has 0 aromatic carbocycles. The first-order chi connectivity index (χ1) is 9.15. The maximum Gasteiger partial charge on any atom is 0.460 e. The lowest BCUT2D eigenvalue weighted by Crippen LogP contribution is -2.68. The molecular weight excluding hydrogens is 373 g/mol. The van der Waals surface area contributed by atoms with Gasteiger partial charge in [0.15, 0.2) is 0 Å². The maximum atomic E-state index is 13.7. The predicted octanol–water partition coefficient (Wildman–Crippen LogP) is 3.57. The standard InChI is InChI=1S/C7H5F11O3S/c1-2(4(9,10)11)3(8,22(19,20)21)5(12,13)6(14,15)7(16,17)18/h2H,1H3,(H,19,20,21). The molecule has 0 heterocycles. The Morgan fingerprint density at radius 1 is 0.773 bits per heavy atom. The molecule has 0 aliphatic carbocycles. The fraction of sp³-hybridized carbons (Fsp3) is 1.00. The van der Waals surface area contributed by atoms with E-state index in [4.69, 9.17) is 4.55 Å².